The van der Waals surface area contributed by atoms with Crippen molar-refractivity contribution >= 4 is 17.9 Å². The van der Waals surface area contributed by atoms with Crippen molar-refractivity contribution in [1.82, 2.24) is 0 Å². The highest BCUT2D eigenvalue weighted by molar-refractivity contribution is 6.08. The molecule has 2 N–H and O–H groups in total. The minimum Gasteiger partial charge on any atom is -0.464 e. The molecule has 0 saturated carbocycles. The lowest BCUT2D eigenvalue weighted by Gasteiger charge is -2.30. The predicted molar refractivity (Wildman–Crippen MR) is 119 cm³/mol. The van der Waals surface area contributed by atoms with Crippen molar-refractivity contribution < 1.29 is 43.5 Å². The zero-order valence-corrected chi connectivity index (χ0v) is 19.7. The second-order valence-corrected chi connectivity index (χ2v) is 7.38. The van der Waals surface area contributed by atoms with Crippen LogP contribution in [0.5, 0.6) is 0 Å². The van der Waals surface area contributed by atoms with Crippen LogP contribution in [0.3, 0.4) is 0 Å². The Morgan fingerprint density at radius 3 is 2.00 bits per heavy atom. The van der Waals surface area contributed by atoms with Crippen LogP contribution in [0.15, 0.2) is 30.3 Å². The normalized spacial score (nSPS) is 13.1. The quantitative estimate of drug-likeness (QED) is 0.162. The van der Waals surface area contributed by atoms with Crippen LogP contribution in [0.1, 0.15) is 52.0 Å². The molecule has 0 bridgehead atoms. The second-order valence-electron chi connectivity index (χ2n) is 7.38. The third kappa shape index (κ3) is 9.11. The fraction of sp³-hybridized carbons (Fsp3) is 0.625. The molecule has 2 atom stereocenters. The van der Waals surface area contributed by atoms with Crippen LogP contribution in [0, 0.1) is 0 Å². The van der Waals surface area contributed by atoms with Gasteiger partial charge in [0.15, 0.2) is 0 Å². The number of rotatable bonds is 16. The molecule has 0 aliphatic heterocycles. The summed E-state index contributed by atoms with van der Waals surface area (Å²) in [7, 11) is 0. The molecule has 1 aromatic carbocycles. The van der Waals surface area contributed by atoms with Crippen molar-refractivity contribution in [1.29, 1.82) is 0 Å². The number of hydrogen-bond acceptors (Lipinski definition) is 9. The molecule has 0 spiro atoms. The zero-order chi connectivity index (χ0) is 24.7. The Balaban J connectivity index is 2.68. The molecule has 0 saturated heterocycles. The van der Waals surface area contributed by atoms with Gasteiger partial charge < -0.3 is 29.2 Å². The van der Waals surface area contributed by atoms with E-state index in [1.807, 2.05) is 30.3 Å². The molecule has 9 nitrogen and oxygen atoms in total. The van der Waals surface area contributed by atoms with Crippen molar-refractivity contribution in [2.24, 2.45) is 0 Å². The average Bonchev–Trinajstić information content (AvgIpc) is 2.80. The molecule has 1 rings (SSSR count). The SMILES string of the molecule is CCOC(=O)C(OCCCCC(O)CCc1ccccc1)C(O)(C(=O)OCC)C(=O)OCC. The van der Waals surface area contributed by atoms with Crippen LogP contribution in [-0.2, 0) is 39.8 Å². The number of aryl methyl sites for hydroxylation is 1. The Labute approximate surface area is 195 Å². The molecule has 186 valence electrons. The number of unbranched alkanes of at least 4 members (excludes halogenated alkanes) is 1. The monoisotopic (exact) mass is 468 g/mol. The number of esters is 3. The number of hydrogen-bond donors (Lipinski definition) is 2. The molecular weight excluding hydrogens is 432 g/mol. The third-order valence-corrected chi connectivity index (χ3v) is 4.88. The minimum absolute atomic E-state index is 0.0476. The highest BCUT2D eigenvalue weighted by atomic mass is 16.6. The summed E-state index contributed by atoms with van der Waals surface area (Å²) >= 11 is 0. The maximum absolute atomic E-state index is 12.4. The summed E-state index contributed by atoms with van der Waals surface area (Å²) in [5, 5.41) is 21.1. The van der Waals surface area contributed by atoms with E-state index in [2.05, 4.69) is 0 Å². The van der Waals surface area contributed by atoms with Gasteiger partial charge in [-0.3, -0.25) is 0 Å². The molecule has 0 heterocycles. The van der Waals surface area contributed by atoms with Crippen molar-refractivity contribution in [2.45, 2.75) is 70.7 Å². The van der Waals surface area contributed by atoms with Gasteiger partial charge in [0.2, 0.25) is 6.10 Å². The van der Waals surface area contributed by atoms with E-state index in [4.69, 9.17) is 18.9 Å². The molecule has 0 aliphatic rings. The van der Waals surface area contributed by atoms with Gasteiger partial charge in [0.25, 0.3) is 5.60 Å². The molecule has 33 heavy (non-hydrogen) atoms. The summed E-state index contributed by atoms with van der Waals surface area (Å²) in [6.07, 6.45) is 0.432. The second kappa shape index (κ2) is 15.4. The van der Waals surface area contributed by atoms with E-state index < -0.39 is 35.7 Å². The Morgan fingerprint density at radius 2 is 1.45 bits per heavy atom. The standard InChI is InChI=1S/C24H36O9/c1-4-30-21(26)20(24(29,22(27)31-5-2)23(28)32-6-3)33-17-11-10-14-19(25)16-15-18-12-8-7-9-13-18/h7-9,12-13,19-20,25,29H,4-6,10-11,14-17H2,1-3H3. The topological polar surface area (TPSA) is 129 Å². The van der Waals surface area contributed by atoms with E-state index in [1.165, 1.54) is 13.8 Å². The molecule has 2 unspecified atom stereocenters. The summed E-state index contributed by atoms with van der Waals surface area (Å²) in [5.41, 5.74) is -1.85. The first-order valence-electron chi connectivity index (χ1n) is 11.4. The molecule has 0 aromatic heterocycles. The van der Waals surface area contributed by atoms with Crippen molar-refractivity contribution in [3.63, 3.8) is 0 Å². The van der Waals surface area contributed by atoms with Crippen LogP contribution in [0.4, 0.5) is 0 Å². The van der Waals surface area contributed by atoms with Gasteiger partial charge in [0.1, 0.15) is 0 Å². The molecule has 0 radical (unpaired) electrons. The summed E-state index contributed by atoms with van der Waals surface area (Å²) in [6, 6.07) is 9.85. The molecule has 0 aliphatic carbocycles. The van der Waals surface area contributed by atoms with Gasteiger partial charge in [-0.2, -0.15) is 0 Å². The van der Waals surface area contributed by atoms with Crippen molar-refractivity contribution in [2.75, 3.05) is 26.4 Å². The van der Waals surface area contributed by atoms with E-state index in [1.54, 1.807) is 6.92 Å². The van der Waals surface area contributed by atoms with Crippen LogP contribution >= 0.6 is 0 Å². The molecular formula is C24H36O9. The lowest BCUT2D eigenvalue weighted by Crippen LogP contribution is -2.61. The predicted octanol–water partition coefficient (Wildman–Crippen LogP) is 1.96. The van der Waals surface area contributed by atoms with E-state index in [0.717, 1.165) is 12.0 Å². The lowest BCUT2D eigenvalue weighted by atomic mass is 9.96. The molecule has 1 aromatic rings. The van der Waals surface area contributed by atoms with Crippen molar-refractivity contribution in [3.05, 3.63) is 35.9 Å². The summed E-state index contributed by atoms with van der Waals surface area (Å²) in [5.74, 6) is -3.78. The molecule has 9 heteroatoms. The van der Waals surface area contributed by atoms with Gasteiger partial charge in [0, 0.05) is 6.61 Å². The van der Waals surface area contributed by atoms with Gasteiger partial charge in [-0.05, 0) is 58.4 Å². The van der Waals surface area contributed by atoms with Gasteiger partial charge in [0.05, 0.1) is 25.9 Å². The Kier molecular flexibility index (Phi) is 13.3. The maximum Gasteiger partial charge on any atom is 0.353 e. The van der Waals surface area contributed by atoms with Crippen LogP contribution in [0.25, 0.3) is 0 Å². The Hall–Kier alpha value is -2.49. The Bertz CT molecular complexity index is 702. The van der Waals surface area contributed by atoms with Crippen LogP contribution in [0.2, 0.25) is 0 Å². The highest BCUT2D eigenvalue weighted by Gasteiger charge is 2.58. The summed E-state index contributed by atoms with van der Waals surface area (Å²) < 4.78 is 19.9. The average molecular weight is 469 g/mol. The van der Waals surface area contributed by atoms with E-state index in [9.17, 15) is 24.6 Å². The number of carbonyl (C=O) groups excluding carboxylic acids is 3. The molecule has 0 amide bonds. The zero-order valence-electron chi connectivity index (χ0n) is 19.7. The lowest BCUT2D eigenvalue weighted by molar-refractivity contribution is -0.208. The first-order chi connectivity index (χ1) is 15.8. The Morgan fingerprint density at radius 1 is 0.879 bits per heavy atom. The fourth-order valence-electron chi connectivity index (χ4n) is 3.16. The highest BCUT2D eigenvalue weighted by Crippen LogP contribution is 2.22. The van der Waals surface area contributed by atoms with E-state index in [-0.39, 0.29) is 26.4 Å². The summed E-state index contributed by atoms with van der Waals surface area (Å²) in [4.78, 5) is 37.2. The molecule has 0 fully saturated rings. The maximum atomic E-state index is 12.4. The summed E-state index contributed by atoms with van der Waals surface area (Å²) in [6.45, 7) is 4.16. The first-order valence-corrected chi connectivity index (χ1v) is 11.4. The smallest absolute Gasteiger partial charge is 0.353 e. The number of ether oxygens (including phenoxy) is 4. The number of carbonyl (C=O) groups is 3. The van der Waals surface area contributed by atoms with Gasteiger partial charge in [-0.1, -0.05) is 30.3 Å². The van der Waals surface area contributed by atoms with Crippen LogP contribution < -0.4 is 0 Å². The van der Waals surface area contributed by atoms with Crippen molar-refractivity contribution in [3.8, 4) is 0 Å². The minimum atomic E-state index is -2.99. The van der Waals surface area contributed by atoms with E-state index >= 15 is 0 Å². The van der Waals surface area contributed by atoms with E-state index in [0.29, 0.717) is 25.7 Å². The largest absolute Gasteiger partial charge is 0.464 e. The van der Waals surface area contributed by atoms with Gasteiger partial charge in [-0.15, -0.1) is 0 Å². The van der Waals surface area contributed by atoms with Gasteiger partial charge >= 0.3 is 17.9 Å². The fourth-order valence-corrected chi connectivity index (χ4v) is 3.16. The number of benzene rings is 1. The van der Waals surface area contributed by atoms with Gasteiger partial charge in [-0.25, -0.2) is 14.4 Å². The number of aliphatic hydroxyl groups is 2. The first kappa shape index (κ1) is 28.5. The van der Waals surface area contributed by atoms with Crippen LogP contribution in [-0.4, -0.2) is 72.4 Å². The third-order valence-electron chi connectivity index (χ3n) is 4.88. The number of aliphatic hydroxyl groups excluding tert-OH is 1.